The van der Waals surface area contributed by atoms with Gasteiger partial charge >= 0.3 is 0 Å². The summed E-state index contributed by atoms with van der Waals surface area (Å²) in [6.07, 6.45) is 0. The highest BCUT2D eigenvalue weighted by Crippen LogP contribution is 2.39. The van der Waals surface area contributed by atoms with Crippen LogP contribution in [0.1, 0.15) is 35.3 Å². The number of carbonyl (C=O) groups is 1. The number of nitrogens with one attached hydrogen (secondary N) is 2. The smallest absolute Gasteiger partial charge is 0.251 e. The highest BCUT2D eigenvalue weighted by Gasteiger charge is 2.22. The Balaban J connectivity index is 2.07. The molecule has 2 aromatic carbocycles. The molecule has 3 N–H and O–H groups in total. The number of fused-ring (bicyclic) bond motifs is 3. The standard InChI is InChI=1S/C26H29N3O5S/c1-5-27-25(31)19-14-20(17-8-7-9-18(13-17)35(32,33)6-2)22-21-12-15(3)26(34-11-10-30)29-24(21)28-23(22)16(19)4/h7-9,12-14,30H,5-6,10-11H2,1-4H3,(H,27,31)(H,28,29). The number of sulfone groups is 1. The van der Waals surface area contributed by atoms with Crippen LogP contribution in [0.3, 0.4) is 0 Å². The van der Waals surface area contributed by atoms with E-state index in [0.717, 1.165) is 33.0 Å². The van der Waals surface area contributed by atoms with E-state index in [1.807, 2.05) is 39.0 Å². The van der Waals surface area contributed by atoms with Gasteiger partial charge in [-0.1, -0.05) is 19.1 Å². The number of aromatic nitrogens is 2. The van der Waals surface area contributed by atoms with Crippen LogP contribution in [0, 0.1) is 13.8 Å². The Bertz CT molecular complexity index is 1540. The van der Waals surface area contributed by atoms with E-state index >= 15 is 0 Å². The first-order valence-corrected chi connectivity index (χ1v) is 13.2. The van der Waals surface area contributed by atoms with Gasteiger partial charge in [0.1, 0.15) is 12.3 Å². The van der Waals surface area contributed by atoms with E-state index in [1.165, 1.54) is 0 Å². The first-order chi connectivity index (χ1) is 16.7. The number of nitrogens with zero attached hydrogens (tertiary/aromatic N) is 1. The van der Waals surface area contributed by atoms with Gasteiger partial charge in [-0.05, 0) is 61.7 Å². The molecule has 0 atom stereocenters. The van der Waals surface area contributed by atoms with E-state index in [0.29, 0.717) is 29.2 Å². The second-order valence-electron chi connectivity index (χ2n) is 8.34. The molecule has 1 amide bonds. The van der Waals surface area contributed by atoms with E-state index in [1.54, 1.807) is 25.1 Å². The molecule has 2 heterocycles. The molecule has 0 aliphatic heterocycles. The molecule has 4 aromatic rings. The maximum absolute atomic E-state index is 12.9. The zero-order valence-corrected chi connectivity index (χ0v) is 21.0. The monoisotopic (exact) mass is 495 g/mol. The van der Waals surface area contributed by atoms with Gasteiger partial charge in [0, 0.05) is 28.4 Å². The van der Waals surface area contributed by atoms with Gasteiger partial charge in [-0.2, -0.15) is 4.98 Å². The molecule has 0 aliphatic carbocycles. The largest absolute Gasteiger partial charge is 0.475 e. The highest BCUT2D eigenvalue weighted by molar-refractivity contribution is 7.91. The Morgan fingerprint density at radius 2 is 1.94 bits per heavy atom. The van der Waals surface area contributed by atoms with Crippen LogP contribution >= 0.6 is 0 Å². The summed E-state index contributed by atoms with van der Waals surface area (Å²) >= 11 is 0. The van der Waals surface area contributed by atoms with Crippen LogP contribution in [0.4, 0.5) is 0 Å². The minimum atomic E-state index is -3.41. The summed E-state index contributed by atoms with van der Waals surface area (Å²) in [7, 11) is -3.41. The van der Waals surface area contributed by atoms with Crippen LogP contribution in [-0.2, 0) is 9.84 Å². The van der Waals surface area contributed by atoms with E-state index in [4.69, 9.17) is 9.84 Å². The van der Waals surface area contributed by atoms with Crippen molar-refractivity contribution < 1.29 is 23.1 Å². The number of aliphatic hydroxyl groups is 1. The Kier molecular flexibility index (Phi) is 6.82. The van der Waals surface area contributed by atoms with E-state index in [2.05, 4.69) is 15.3 Å². The van der Waals surface area contributed by atoms with E-state index in [-0.39, 0.29) is 29.8 Å². The molecule has 4 rings (SSSR count). The minimum absolute atomic E-state index is 0.00324. The summed E-state index contributed by atoms with van der Waals surface area (Å²) in [6, 6.07) is 10.6. The van der Waals surface area contributed by atoms with Gasteiger partial charge in [-0.15, -0.1) is 0 Å². The second-order valence-corrected chi connectivity index (χ2v) is 10.6. The number of amides is 1. The molecule has 35 heavy (non-hydrogen) atoms. The number of hydrogen-bond donors (Lipinski definition) is 3. The SMILES string of the molecule is CCNC(=O)c1cc(-c2cccc(S(=O)(=O)CC)c2)c2c([nH]c3nc(OCCO)c(C)cc32)c1C. The number of rotatable bonds is 8. The Morgan fingerprint density at radius 1 is 1.17 bits per heavy atom. The fourth-order valence-electron chi connectivity index (χ4n) is 4.25. The molecule has 0 fully saturated rings. The van der Waals surface area contributed by atoms with Gasteiger partial charge in [-0.3, -0.25) is 4.79 Å². The Morgan fingerprint density at radius 3 is 2.63 bits per heavy atom. The third kappa shape index (κ3) is 4.49. The summed E-state index contributed by atoms with van der Waals surface area (Å²) in [5.41, 5.74) is 4.80. The molecule has 0 radical (unpaired) electrons. The molecule has 0 unspecified atom stereocenters. The number of aromatic amines is 1. The van der Waals surface area contributed by atoms with Gasteiger partial charge < -0.3 is 20.1 Å². The van der Waals surface area contributed by atoms with Gasteiger partial charge in [0.25, 0.3) is 5.91 Å². The molecule has 0 bridgehead atoms. The number of benzene rings is 2. The maximum Gasteiger partial charge on any atom is 0.251 e. The molecular formula is C26H29N3O5S. The third-order valence-electron chi connectivity index (χ3n) is 6.06. The summed E-state index contributed by atoms with van der Waals surface area (Å²) in [5.74, 6) is 0.203. The zero-order chi connectivity index (χ0) is 25.3. The normalized spacial score (nSPS) is 11.8. The fourth-order valence-corrected chi connectivity index (χ4v) is 5.18. The first-order valence-electron chi connectivity index (χ1n) is 11.5. The predicted molar refractivity (Wildman–Crippen MR) is 137 cm³/mol. The third-order valence-corrected chi connectivity index (χ3v) is 7.79. The topological polar surface area (TPSA) is 121 Å². The average Bonchev–Trinajstić information content (AvgIpc) is 3.21. The van der Waals surface area contributed by atoms with Gasteiger partial charge in [0.15, 0.2) is 9.84 Å². The van der Waals surface area contributed by atoms with Crippen molar-refractivity contribution in [2.24, 2.45) is 0 Å². The number of aliphatic hydroxyl groups excluding tert-OH is 1. The second kappa shape index (κ2) is 9.67. The van der Waals surface area contributed by atoms with Crippen LogP contribution < -0.4 is 10.1 Å². The molecule has 2 aromatic heterocycles. The molecule has 0 aliphatic rings. The number of hydrogen-bond acceptors (Lipinski definition) is 6. The van der Waals surface area contributed by atoms with Crippen LogP contribution in [0.25, 0.3) is 33.1 Å². The van der Waals surface area contributed by atoms with Crippen LogP contribution in [0.15, 0.2) is 41.3 Å². The minimum Gasteiger partial charge on any atom is -0.475 e. The highest BCUT2D eigenvalue weighted by atomic mass is 32.2. The van der Waals surface area contributed by atoms with E-state index in [9.17, 15) is 13.2 Å². The number of carbonyl (C=O) groups excluding carboxylic acids is 1. The van der Waals surface area contributed by atoms with Crippen LogP contribution in [-0.4, -0.2) is 54.9 Å². The summed E-state index contributed by atoms with van der Waals surface area (Å²) in [4.78, 5) is 21.1. The lowest BCUT2D eigenvalue weighted by Gasteiger charge is -2.13. The number of pyridine rings is 1. The van der Waals surface area contributed by atoms with Crippen LogP contribution in [0.2, 0.25) is 0 Å². The summed E-state index contributed by atoms with van der Waals surface area (Å²) < 4.78 is 30.7. The molecule has 8 nitrogen and oxygen atoms in total. The Labute approximate surface area is 204 Å². The summed E-state index contributed by atoms with van der Waals surface area (Å²) in [5, 5.41) is 13.7. The van der Waals surface area contributed by atoms with E-state index < -0.39 is 9.84 Å². The van der Waals surface area contributed by atoms with Crippen LogP contribution in [0.5, 0.6) is 5.88 Å². The fraction of sp³-hybridized carbons (Fsp3) is 0.308. The zero-order valence-electron chi connectivity index (χ0n) is 20.2. The van der Waals surface area contributed by atoms with Gasteiger partial charge in [0.05, 0.1) is 22.8 Å². The molecule has 0 spiro atoms. The van der Waals surface area contributed by atoms with Crippen molar-refractivity contribution in [3.63, 3.8) is 0 Å². The van der Waals surface area contributed by atoms with Gasteiger partial charge in [-0.25, -0.2) is 8.42 Å². The van der Waals surface area contributed by atoms with Crippen molar-refractivity contribution in [3.05, 3.63) is 53.1 Å². The molecule has 9 heteroatoms. The van der Waals surface area contributed by atoms with Crippen molar-refractivity contribution >= 4 is 37.7 Å². The lowest BCUT2D eigenvalue weighted by atomic mass is 9.93. The number of aryl methyl sites for hydroxylation is 2. The van der Waals surface area contributed by atoms with Crippen molar-refractivity contribution in [2.75, 3.05) is 25.5 Å². The predicted octanol–water partition coefficient (Wildman–Crippen LogP) is 3.91. The number of H-pyrrole nitrogens is 1. The molecule has 0 saturated carbocycles. The molecular weight excluding hydrogens is 466 g/mol. The summed E-state index contributed by atoms with van der Waals surface area (Å²) in [6.45, 7) is 7.71. The van der Waals surface area contributed by atoms with Gasteiger partial charge in [0.2, 0.25) is 5.88 Å². The number of ether oxygens (including phenoxy) is 1. The first kappa shape index (κ1) is 24.7. The quantitative estimate of drug-likeness (QED) is 0.341. The molecule has 0 saturated heterocycles. The average molecular weight is 496 g/mol. The lowest BCUT2D eigenvalue weighted by Crippen LogP contribution is -2.23. The van der Waals surface area contributed by atoms with Crippen molar-refractivity contribution in [3.8, 4) is 17.0 Å². The van der Waals surface area contributed by atoms with Crippen molar-refractivity contribution in [1.82, 2.24) is 15.3 Å². The lowest BCUT2D eigenvalue weighted by molar-refractivity contribution is 0.0955. The van der Waals surface area contributed by atoms with Crippen molar-refractivity contribution in [1.29, 1.82) is 0 Å². The Hall–Kier alpha value is -3.43. The van der Waals surface area contributed by atoms with Crippen molar-refractivity contribution in [2.45, 2.75) is 32.6 Å². The maximum atomic E-state index is 12.9. The molecule has 184 valence electrons.